The Balaban J connectivity index is 1.62. The molecular weight excluding hydrogens is 388 g/mol. The highest BCUT2D eigenvalue weighted by Gasteiger charge is 2.15. The summed E-state index contributed by atoms with van der Waals surface area (Å²) >= 11 is 6.03. The molecule has 0 unspecified atom stereocenters. The van der Waals surface area contributed by atoms with Gasteiger partial charge in [-0.2, -0.15) is 0 Å². The van der Waals surface area contributed by atoms with Gasteiger partial charge in [-0.05, 0) is 30.7 Å². The summed E-state index contributed by atoms with van der Waals surface area (Å²) in [7, 11) is 1.45. The number of aryl methyl sites for hydroxylation is 1. The maximum atomic E-state index is 12.1. The number of amides is 1. The summed E-state index contributed by atoms with van der Waals surface area (Å²) in [5.74, 6) is -1.60. The number of para-hydroxylation sites is 2. The zero-order valence-corrected chi connectivity index (χ0v) is 15.9. The molecule has 0 aliphatic rings. The Labute approximate surface area is 164 Å². The van der Waals surface area contributed by atoms with Gasteiger partial charge in [-0.1, -0.05) is 23.7 Å². The molecule has 0 atom stereocenters. The van der Waals surface area contributed by atoms with Gasteiger partial charge in [0.2, 0.25) is 0 Å². The van der Waals surface area contributed by atoms with Crippen LogP contribution < -0.4 is 15.8 Å². The summed E-state index contributed by atoms with van der Waals surface area (Å²) in [6, 6.07) is 9.93. The second-order valence-corrected chi connectivity index (χ2v) is 6.34. The number of aromatic nitrogens is 1. The maximum absolute atomic E-state index is 12.1. The Hall–Kier alpha value is -3.26. The number of benzene rings is 2. The summed E-state index contributed by atoms with van der Waals surface area (Å²) < 4.78 is 16.3. The van der Waals surface area contributed by atoms with E-state index in [-0.39, 0.29) is 6.54 Å². The number of hydrogen-bond acceptors (Lipinski definition) is 6. The van der Waals surface area contributed by atoms with Gasteiger partial charge in [0.05, 0.1) is 18.3 Å². The van der Waals surface area contributed by atoms with Crippen LogP contribution in [0.3, 0.4) is 0 Å². The van der Waals surface area contributed by atoms with E-state index in [4.69, 9.17) is 25.5 Å². The average Bonchev–Trinajstić information content (AvgIpc) is 2.98. The summed E-state index contributed by atoms with van der Waals surface area (Å²) in [5.41, 5.74) is 1.99. The van der Waals surface area contributed by atoms with Crippen molar-refractivity contribution in [1.29, 1.82) is 0 Å². The van der Waals surface area contributed by atoms with Crippen molar-refractivity contribution < 1.29 is 23.5 Å². The van der Waals surface area contributed by atoms with Gasteiger partial charge in [-0.15, -0.1) is 0 Å². The Morgan fingerprint density at radius 3 is 2.75 bits per heavy atom. The molecule has 146 valence electrons. The largest absolute Gasteiger partial charge is 0.495 e. The molecule has 1 heterocycles. The fraction of sp³-hybridized carbons (Fsp3) is 0.211. The molecule has 0 fully saturated rings. The number of nitrogens with zero attached hydrogens (tertiary/aromatic N) is 1. The summed E-state index contributed by atoms with van der Waals surface area (Å²) in [6.07, 6.45) is 0. The Bertz CT molecular complexity index is 1100. The molecule has 0 spiro atoms. The van der Waals surface area contributed by atoms with Crippen LogP contribution in [0.2, 0.25) is 5.02 Å². The van der Waals surface area contributed by atoms with E-state index in [9.17, 15) is 14.4 Å². The van der Waals surface area contributed by atoms with E-state index >= 15 is 0 Å². The van der Waals surface area contributed by atoms with Crippen LogP contribution in [0.25, 0.3) is 11.1 Å². The van der Waals surface area contributed by atoms with Gasteiger partial charge in [-0.25, -0.2) is 4.79 Å². The van der Waals surface area contributed by atoms with Crippen molar-refractivity contribution in [2.75, 3.05) is 19.0 Å². The second kappa shape index (κ2) is 8.18. The molecular formula is C19H17ClN2O6. The zero-order chi connectivity index (χ0) is 20.3. The minimum Gasteiger partial charge on any atom is -0.495 e. The molecule has 1 amide bonds. The first-order chi connectivity index (χ1) is 13.4. The van der Waals surface area contributed by atoms with Crippen LogP contribution in [-0.2, 0) is 20.9 Å². The molecule has 0 bridgehead atoms. The Morgan fingerprint density at radius 2 is 2.00 bits per heavy atom. The van der Waals surface area contributed by atoms with Crippen molar-refractivity contribution in [3.05, 3.63) is 57.5 Å². The van der Waals surface area contributed by atoms with E-state index in [2.05, 4.69) is 5.32 Å². The third-order valence-corrected chi connectivity index (χ3v) is 4.39. The lowest BCUT2D eigenvalue weighted by Crippen LogP contribution is -2.26. The number of oxazole rings is 1. The predicted octanol–water partition coefficient (Wildman–Crippen LogP) is 2.75. The zero-order valence-electron chi connectivity index (χ0n) is 15.2. The van der Waals surface area contributed by atoms with E-state index in [1.807, 2.05) is 0 Å². The topological polar surface area (TPSA) is 99.8 Å². The van der Waals surface area contributed by atoms with Gasteiger partial charge in [0.1, 0.15) is 12.3 Å². The van der Waals surface area contributed by atoms with E-state index in [0.717, 1.165) is 10.1 Å². The molecule has 0 aliphatic carbocycles. The van der Waals surface area contributed by atoms with E-state index < -0.39 is 24.2 Å². The minimum atomic E-state index is -0.747. The average molecular weight is 405 g/mol. The molecule has 0 aliphatic heterocycles. The third-order valence-electron chi connectivity index (χ3n) is 3.98. The number of hydrogen-bond donors (Lipinski definition) is 1. The number of esters is 1. The number of halogens is 1. The van der Waals surface area contributed by atoms with Crippen molar-refractivity contribution in [2.45, 2.75) is 13.5 Å². The molecule has 0 radical (unpaired) electrons. The number of fused-ring (bicyclic) bond motifs is 1. The first-order valence-electron chi connectivity index (χ1n) is 8.27. The molecule has 1 aromatic heterocycles. The first-order valence-corrected chi connectivity index (χ1v) is 8.65. The van der Waals surface area contributed by atoms with Gasteiger partial charge in [0.15, 0.2) is 12.2 Å². The van der Waals surface area contributed by atoms with Gasteiger partial charge in [-0.3, -0.25) is 14.2 Å². The summed E-state index contributed by atoms with van der Waals surface area (Å²) in [4.78, 5) is 36.0. The Kier molecular flexibility index (Phi) is 5.70. The van der Waals surface area contributed by atoms with Crippen LogP contribution in [0, 0.1) is 6.92 Å². The number of carbonyl (C=O) groups excluding carboxylic acids is 2. The number of anilines is 1. The molecule has 0 saturated heterocycles. The highest BCUT2D eigenvalue weighted by molar-refractivity contribution is 6.31. The van der Waals surface area contributed by atoms with Crippen LogP contribution in [0.5, 0.6) is 5.75 Å². The molecule has 3 aromatic rings. The molecule has 28 heavy (non-hydrogen) atoms. The van der Waals surface area contributed by atoms with E-state index in [1.54, 1.807) is 43.3 Å². The lowest BCUT2D eigenvalue weighted by Gasteiger charge is -2.12. The molecule has 1 N–H and O–H groups in total. The lowest BCUT2D eigenvalue weighted by molar-refractivity contribution is -0.147. The SMILES string of the molecule is COc1cc(Cl)c(C)cc1NC(=O)COC(=O)Cn1c(=O)oc2ccccc21. The van der Waals surface area contributed by atoms with Crippen molar-refractivity contribution in [3.63, 3.8) is 0 Å². The number of rotatable bonds is 6. The highest BCUT2D eigenvalue weighted by Crippen LogP contribution is 2.30. The molecule has 9 heteroatoms. The highest BCUT2D eigenvalue weighted by atomic mass is 35.5. The van der Waals surface area contributed by atoms with Gasteiger partial charge in [0, 0.05) is 11.1 Å². The maximum Gasteiger partial charge on any atom is 0.420 e. The standard InChI is InChI=1S/C19H17ClN2O6/c1-11-7-13(16(26-2)8-12(11)20)21-17(23)10-27-18(24)9-22-14-5-3-4-6-15(14)28-19(22)25/h3-8H,9-10H2,1-2H3,(H,21,23). The first kappa shape index (κ1) is 19.5. The van der Waals surface area contributed by atoms with E-state index in [0.29, 0.717) is 27.6 Å². The minimum absolute atomic E-state index is 0.364. The number of carbonyl (C=O) groups is 2. The van der Waals surface area contributed by atoms with Crippen LogP contribution >= 0.6 is 11.6 Å². The van der Waals surface area contributed by atoms with Gasteiger partial charge < -0.3 is 19.2 Å². The number of methoxy groups -OCH3 is 1. The molecule has 8 nitrogen and oxygen atoms in total. The molecule has 0 saturated carbocycles. The molecule has 2 aromatic carbocycles. The van der Waals surface area contributed by atoms with Crippen molar-refractivity contribution in [1.82, 2.24) is 4.57 Å². The van der Waals surface area contributed by atoms with Crippen LogP contribution in [0.15, 0.2) is 45.6 Å². The van der Waals surface area contributed by atoms with Crippen molar-refractivity contribution in [3.8, 4) is 5.75 Å². The van der Waals surface area contributed by atoms with Gasteiger partial charge in [0.25, 0.3) is 5.91 Å². The smallest absolute Gasteiger partial charge is 0.420 e. The number of ether oxygens (including phenoxy) is 2. The normalized spacial score (nSPS) is 10.7. The fourth-order valence-electron chi connectivity index (χ4n) is 2.60. The fourth-order valence-corrected chi connectivity index (χ4v) is 2.75. The monoisotopic (exact) mass is 404 g/mol. The van der Waals surface area contributed by atoms with Crippen LogP contribution in [-0.4, -0.2) is 30.2 Å². The summed E-state index contributed by atoms with van der Waals surface area (Å²) in [5, 5.41) is 3.10. The molecule has 3 rings (SSSR count). The van der Waals surface area contributed by atoms with Crippen LogP contribution in [0.1, 0.15) is 5.56 Å². The lowest BCUT2D eigenvalue weighted by atomic mass is 10.2. The van der Waals surface area contributed by atoms with Crippen molar-refractivity contribution in [2.24, 2.45) is 0 Å². The van der Waals surface area contributed by atoms with Crippen molar-refractivity contribution >= 4 is 40.3 Å². The number of nitrogens with one attached hydrogen (secondary N) is 1. The summed E-state index contributed by atoms with van der Waals surface area (Å²) in [6.45, 7) is 0.894. The third kappa shape index (κ3) is 4.17. The Morgan fingerprint density at radius 1 is 1.25 bits per heavy atom. The predicted molar refractivity (Wildman–Crippen MR) is 103 cm³/mol. The van der Waals surface area contributed by atoms with Gasteiger partial charge >= 0.3 is 11.7 Å². The van der Waals surface area contributed by atoms with Crippen LogP contribution in [0.4, 0.5) is 5.69 Å². The van der Waals surface area contributed by atoms with E-state index in [1.165, 1.54) is 7.11 Å². The quantitative estimate of drug-likeness (QED) is 0.634. The second-order valence-electron chi connectivity index (χ2n) is 5.93.